The average molecular weight is 163 g/mol. The summed E-state index contributed by atoms with van der Waals surface area (Å²) in [5, 5.41) is 7.75. The van der Waals surface area contributed by atoms with Crippen LogP contribution in [-0.4, -0.2) is 14.9 Å². The van der Waals surface area contributed by atoms with E-state index in [1.54, 1.807) is 18.7 Å². The quantitative estimate of drug-likeness (QED) is 0.668. The van der Waals surface area contributed by atoms with Crippen LogP contribution in [-0.2, 0) is 6.54 Å². The highest BCUT2D eigenvalue weighted by atomic mass is 16.5. The van der Waals surface area contributed by atoms with Gasteiger partial charge in [-0.25, -0.2) is 0 Å². The van der Waals surface area contributed by atoms with Gasteiger partial charge in [-0.15, -0.1) is 0 Å². The second kappa shape index (κ2) is 2.81. The second-order valence-corrected chi connectivity index (χ2v) is 2.66. The zero-order chi connectivity index (χ0) is 8.39. The zero-order valence-electron chi connectivity index (χ0n) is 6.77. The van der Waals surface area contributed by atoms with Crippen LogP contribution in [0.15, 0.2) is 29.2 Å². The van der Waals surface area contributed by atoms with Crippen molar-refractivity contribution in [2.45, 2.75) is 13.5 Å². The Balaban J connectivity index is 2.20. The van der Waals surface area contributed by atoms with E-state index in [4.69, 9.17) is 4.52 Å². The molecule has 2 aromatic rings. The predicted octanol–water partition coefficient (Wildman–Crippen LogP) is 1.23. The maximum atomic E-state index is 4.71. The number of hydrogen-bond acceptors (Lipinski definition) is 3. The molecule has 2 rings (SSSR count). The van der Waals surface area contributed by atoms with Crippen molar-refractivity contribution in [3.63, 3.8) is 0 Å². The van der Waals surface area contributed by atoms with Gasteiger partial charge in [0.1, 0.15) is 6.26 Å². The topological polar surface area (TPSA) is 43.9 Å². The van der Waals surface area contributed by atoms with E-state index in [0.717, 1.165) is 17.8 Å². The summed E-state index contributed by atoms with van der Waals surface area (Å²) in [6.45, 7) is 2.74. The van der Waals surface area contributed by atoms with Crippen molar-refractivity contribution >= 4 is 0 Å². The second-order valence-electron chi connectivity index (χ2n) is 2.66. The molecule has 0 aliphatic heterocycles. The number of nitrogens with zero attached hydrogens (tertiary/aromatic N) is 3. The largest absolute Gasteiger partial charge is 0.364 e. The van der Waals surface area contributed by atoms with Crippen LogP contribution < -0.4 is 0 Å². The Hall–Kier alpha value is -1.58. The molecule has 2 aromatic heterocycles. The average Bonchev–Trinajstić information content (AvgIpc) is 2.65. The van der Waals surface area contributed by atoms with Crippen molar-refractivity contribution in [1.29, 1.82) is 0 Å². The normalized spacial score (nSPS) is 10.4. The molecule has 0 saturated heterocycles. The first-order valence-electron chi connectivity index (χ1n) is 3.73. The Bertz CT molecular complexity index is 350. The molecule has 0 saturated carbocycles. The molecular formula is C8H9N3O. The Morgan fingerprint density at radius 2 is 2.50 bits per heavy atom. The molecule has 0 bridgehead atoms. The van der Waals surface area contributed by atoms with Crippen LogP contribution in [0.1, 0.15) is 11.3 Å². The summed E-state index contributed by atoms with van der Waals surface area (Å²) in [4.78, 5) is 0. The standard InChI is InChI=1S/C8H9N3O/c1-7-2-3-9-11(7)5-8-4-10-12-6-8/h2-4,6H,5H2,1H3. The van der Waals surface area contributed by atoms with Crippen molar-refractivity contribution in [1.82, 2.24) is 14.9 Å². The molecule has 12 heavy (non-hydrogen) atoms. The van der Waals surface area contributed by atoms with Gasteiger partial charge in [-0.05, 0) is 13.0 Å². The van der Waals surface area contributed by atoms with Gasteiger partial charge in [-0.2, -0.15) is 5.10 Å². The smallest absolute Gasteiger partial charge is 0.128 e. The molecule has 0 fully saturated rings. The van der Waals surface area contributed by atoms with Crippen molar-refractivity contribution in [2.75, 3.05) is 0 Å². The van der Waals surface area contributed by atoms with E-state index in [1.807, 2.05) is 17.7 Å². The van der Waals surface area contributed by atoms with Gasteiger partial charge in [-0.1, -0.05) is 5.16 Å². The maximum absolute atomic E-state index is 4.71. The van der Waals surface area contributed by atoms with Crippen LogP contribution in [0.4, 0.5) is 0 Å². The van der Waals surface area contributed by atoms with Crippen LogP contribution in [0.5, 0.6) is 0 Å². The molecule has 0 N–H and O–H groups in total. The molecule has 2 heterocycles. The van der Waals surface area contributed by atoms with E-state index in [9.17, 15) is 0 Å². The van der Waals surface area contributed by atoms with Crippen LogP contribution in [0.3, 0.4) is 0 Å². The Labute approximate surface area is 69.8 Å². The third-order valence-electron chi connectivity index (χ3n) is 1.74. The fraction of sp³-hybridized carbons (Fsp3) is 0.250. The van der Waals surface area contributed by atoms with Gasteiger partial charge in [0.05, 0.1) is 12.7 Å². The SMILES string of the molecule is Cc1ccnn1Cc1cnoc1. The first-order valence-corrected chi connectivity index (χ1v) is 3.73. The van der Waals surface area contributed by atoms with E-state index in [-0.39, 0.29) is 0 Å². The number of aryl methyl sites for hydroxylation is 1. The summed E-state index contributed by atoms with van der Waals surface area (Å²) in [6, 6.07) is 1.97. The molecule has 0 aliphatic carbocycles. The Kier molecular flexibility index (Phi) is 1.66. The number of rotatable bonds is 2. The Morgan fingerprint density at radius 1 is 1.58 bits per heavy atom. The molecule has 0 atom stereocenters. The molecule has 62 valence electrons. The molecule has 0 spiro atoms. The summed E-state index contributed by atoms with van der Waals surface area (Å²) in [7, 11) is 0. The van der Waals surface area contributed by atoms with E-state index >= 15 is 0 Å². The minimum Gasteiger partial charge on any atom is -0.364 e. The highest BCUT2D eigenvalue weighted by Gasteiger charge is 1.99. The zero-order valence-corrected chi connectivity index (χ0v) is 6.77. The summed E-state index contributed by atoms with van der Waals surface area (Å²) >= 11 is 0. The van der Waals surface area contributed by atoms with Gasteiger partial charge in [-0.3, -0.25) is 4.68 Å². The monoisotopic (exact) mass is 163 g/mol. The van der Waals surface area contributed by atoms with E-state index in [2.05, 4.69) is 10.3 Å². The summed E-state index contributed by atoms with van der Waals surface area (Å²) in [5.41, 5.74) is 2.16. The molecule has 0 aliphatic rings. The van der Waals surface area contributed by atoms with Gasteiger partial charge < -0.3 is 4.52 Å². The minimum atomic E-state index is 0.725. The Morgan fingerprint density at radius 3 is 3.08 bits per heavy atom. The van der Waals surface area contributed by atoms with Crippen LogP contribution in [0.25, 0.3) is 0 Å². The predicted molar refractivity (Wildman–Crippen MR) is 42.6 cm³/mol. The number of aromatic nitrogens is 3. The first-order chi connectivity index (χ1) is 5.86. The van der Waals surface area contributed by atoms with Gasteiger partial charge >= 0.3 is 0 Å². The number of hydrogen-bond donors (Lipinski definition) is 0. The highest BCUT2D eigenvalue weighted by Crippen LogP contribution is 2.02. The lowest BCUT2D eigenvalue weighted by Crippen LogP contribution is -2.02. The lowest BCUT2D eigenvalue weighted by Gasteiger charge is -1.99. The van der Waals surface area contributed by atoms with Crippen molar-refractivity contribution in [3.8, 4) is 0 Å². The summed E-state index contributed by atoms with van der Waals surface area (Å²) < 4.78 is 6.61. The molecule has 0 unspecified atom stereocenters. The van der Waals surface area contributed by atoms with Crippen LogP contribution >= 0.6 is 0 Å². The van der Waals surface area contributed by atoms with Crippen molar-refractivity contribution < 1.29 is 4.52 Å². The molecule has 0 amide bonds. The van der Waals surface area contributed by atoms with E-state index in [0.29, 0.717) is 0 Å². The highest BCUT2D eigenvalue weighted by molar-refractivity contribution is 5.04. The van der Waals surface area contributed by atoms with Gasteiger partial charge in [0.2, 0.25) is 0 Å². The van der Waals surface area contributed by atoms with E-state index in [1.165, 1.54) is 0 Å². The van der Waals surface area contributed by atoms with E-state index < -0.39 is 0 Å². The molecule has 0 radical (unpaired) electrons. The summed E-state index contributed by atoms with van der Waals surface area (Å²) in [5.74, 6) is 0. The van der Waals surface area contributed by atoms with Crippen LogP contribution in [0.2, 0.25) is 0 Å². The van der Waals surface area contributed by atoms with Crippen molar-refractivity contribution in [2.24, 2.45) is 0 Å². The van der Waals surface area contributed by atoms with Crippen LogP contribution in [0, 0.1) is 6.92 Å². The third-order valence-corrected chi connectivity index (χ3v) is 1.74. The molecule has 0 aromatic carbocycles. The lowest BCUT2D eigenvalue weighted by molar-refractivity contribution is 0.418. The van der Waals surface area contributed by atoms with Gasteiger partial charge in [0, 0.05) is 17.5 Å². The summed E-state index contributed by atoms with van der Waals surface area (Å²) in [6.07, 6.45) is 5.10. The third kappa shape index (κ3) is 1.23. The lowest BCUT2D eigenvalue weighted by atomic mass is 10.3. The molecule has 4 nitrogen and oxygen atoms in total. The fourth-order valence-corrected chi connectivity index (χ4v) is 1.04. The fourth-order valence-electron chi connectivity index (χ4n) is 1.04. The van der Waals surface area contributed by atoms with Gasteiger partial charge in [0.15, 0.2) is 0 Å². The van der Waals surface area contributed by atoms with Gasteiger partial charge in [0.25, 0.3) is 0 Å². The van der Waals surface area contributed by atoms with Crippen molar-refractivity contribution in [3.05, 3.63) is 36.0 Å². The molecule has 4 heteroatoms. The first kappa shape index (κ1) is 7.09. The molecular weight excluding hydrogens is 154 g/mol. The maximum Gasteiger partial charge on any atom is 0.128 e. The minimum absolute atomic E-state index is 0.725.